The first-order valence-corrected chi connectivity index (χ1v) is 9.73. The summed E-state index contributed by atoms with van der Waals surface area (Å²) < 4.78 is 83.6. The van der Waals surface area contributed by atoms with E-state index in [2.05, 4.69) is 15.3 Å². The van der Waals surface area contributed by atoms with Crippen LogP contribution in [0.1, 0.15) is 16.0 Å². The van der Waals surface area contributed by atoms with Crippen LogP contribution in [-0.4, -0.2) is 61.3 Å². The molecular weight excluding hydrogens is 423 g/mol. The Morgan fingerprint density at radius 2 is 2.13 bits per heavy atom. The van der Waals surface area contributed by atoms with Crippen LogP contribution in [0.15, 0.2) is 36.7 Å². The lowest BCUT2D eigenvalue weighted by atomic mass is 10.2. The molecule has 31 heavy (non-hydrogen) atoms. The van der Waals surface area contributed by atoms with Crippen molar-refractivity contribution in [2.75, 3.05) is 51.7 Å². The summed E-state index contributed by atoms with van der Waals surface area (Å²) in [4.78, 5) is 9.78. The summed E-state index contributed by atoms with van der Waals surface area (Å²) >= 11 is 5.87. The second-order valence-corrected chi connectivity index (χ2v) is 6.95. The normalized spacial score (nSPS) is 27.7. The summed E-state index contributed by atoms with van der Waals surface area (Å²) in [5.41, 5.74) is 0.815. The summed E-state index contributed by atoms with van der Waals surface area (Å²) in [7, 11) is -2.76. The van der Waals surface area contributed by atoms with Crippen LogP contribution in [-0.2, 0) is 4.74 Å². The molecule has 2 heterocycles. The van der Waals surface area contributed by atoms with Gasteiger partial charge in [0.25, 0.3) is 0 Å². The predicted octanol–water partition coefficient (Wildman–Crippen LogP) is 4.28. The Balaban J connectivity index is 1.56. The number of nitrogens with one attached hydrogen (secondary N) is 1. The van der Waals surface area contributed by atoms with Gasteiger partial charge in [-0.3, -0.25) is 4.90 Å². The second kappa shape index (κ2) is 10.1. The number of methoxy groups -OCH3 is 1. The number of aromatic nitrogens is 2. The summed E-state index contributed by atoms with van der Waals surface area (Å²) in [6, 6.07) is 6.99. The van der Waals surface area contributed by atoms with Crippen LogP contribution in [0.3, 0.4) is 0 Å². The highest BCUT2D eigenvalue weighted by Crippen LogP contribution is 2.35. The Kier molecular flexibility index (Phi) is 4.68. The average molecular weight is 454 g/mol. The molecule has 7 nitrogen and oxygen atoms in total. The zero-order chi connectivity index (χ0) is 27.6. The van der Waals surface area contributed by atoms with Gasteiger partial charge in [0.2, 0.25) is 0 Å². The molecule has 1 saturated heterocycles. The zero-order valence-corrected chi connectivity index (χ0v) is 17.0. The fraction of sp³-hybridized carbons (Fsp3) is 0.364. The zero-order valence-electron chi connectivity index (χ0n) is 23.2. The van der Waals surface area contributed by atoms with Gasteiger partial charge in [0.1, 0.15) is 18.0 Å². The number of rotatable bonds is 8. The summed E-state index contributed by atoms with van der Waals surface area (Å²) in [6.07, 6.45) is 1.57. The first-order valence-electron chi connectivity index (χ1n) is 13.2. The smallest absolute Gasteiger partial charge is 0.162 e. The van der Waals surface area contributed by atoms with E-state index in [9.17, 15) is 4.39 Å². The van der Waals surface area contributed by atoms with Crippen LogP contribution < -0.4 is 14.8 Å². The lowest BCUT2D eigenvalue weighted by molar-refractivity contribution is 0.0357. The van der Waals surface area contributed by atoms with Gasteiger partial charge in [-0.15, -0.1) is 0 Å². The van der Waals surface area contributed by atoms with E-state index in [4.69, 9.17) is 35.4 Å². The number of fused-ring (bicyclic) bond motifs is 1. The van der Waals surface area contributed by atoms with Gasteiger partial charge < -0.3 is 19.5 Å². The van der Waals surface area contributed by atoms with Crippen LogP contribution >= 0.6 is 11.6 Å². The molecule has 9 heteroatoms. The largest absolute Gasteiger partial charge is 0.493 e. The highest BCUT2D eigenvalue weighted by atomic mass is 35.5. The molecule has 1 aliphatic rings. The first-order chi connectivity index (χ1) is 17.9. The molecular formula is C22H24ClFN4O3. The van der Waals surface area contributed by atoms with Crippen LogP contribution in [0.25, 0.3) is 10.9 Å². The molecule has 0 aliphatic carbocycles. The molecule has 4 unspecified atom stereocenters. The number of hydrogen-bond donors (Lipinski definition) is 1. The third kappa shape index (κ3) is 5.33. The molecule has 0 bridgehead atoms. The SMILES string of the molecule is [2H]C1OC([2H])C([2H])N(CCCOc2cc3c(Nc4ccc(F)c(Cl)c4)ncnc3cc2OC([2H])([2H])[2H])C1[2H]. The third-order valence-corrected chi connectivity index (χ3v) is 4.76. The van der Waals surface area contributed by atoms with Gasteiger partial charge in [0, 0.05) is 39.5 Å². The van der Waals surface area contributed by atoms with Gasteiger partial charge in [0.15, 0.2) is 11.5 Å². The fourth-order valence-electron chi connectivity index (χ4n) is 2.97. The van der Waals surface area contributed by atoms with E-state index in [0.717, 1.165) is 0 Å². The first kappa shape index (κ1) is 14.4. The number of nitrogens with zero attached hydrogens (tertiary/aromatic N) is 3. The Labute approximate surface area is 194 Å². The quantitative estimate of drug-likeness (QED) is 0.510. The monoisotopic (exact) mass is 453 g/mol. The Hall–Kier alpha value is -2.68. The molecule has 4 rings (SSSR count). The Bertz CT molecular complexity index is 1280. The molecule has 2 aromatic carbocycles. The van der Waals surface area contributed by atoms with Gasteiger partial charge in [-0.05, 0) is 30.7 Å². The minimum absolute atomic E-state index is 0.0506. The van der Waals surface area contributed by atoms with Crippen LogP contribution in [0.2, 0.25) is 5.02 Å². The van der Waals surface area contributed by atoms with Gasteiger partial charge >= 0.3 is 0 Å². The van der Waals surface area contributed by atoms with Crippen molar-refractivity contribution in [2.45, 2.75) is 6.42 Å². The third-order valence-electron chi connectivity index (χ3n) is 4.47. The van der Waals surface area contributed by atoms with E-state index in [1.807, 2.05) is 0 Å². The number of anilines is 2. The van der Waals surface area contributed by atoms with Crippen molar-refractivity contribution in [1.29, 1.82) is 0 Å². The molecule has 4 atom stereocenters. The number of halogens is 2. The van der Waals surface area contributed by atoms with Crippen molar-refractivity contribution < 1.29 is 28.2 Å². The van der Waals surface area contributed by atoms with E-state index >= 15 is 0 Å². The lowest BCUT2D eigenvalue weighted by Crippen LogP contribution is -2.37. The second-order valence-electron chi connectivity index (χ2n) is 6.54. The molecule has 164 valence electrons. The van der Waals surface area contributed by atoms with Crippen molar-refractivity contribution in [3.05, 3.63) is 47.5 Å². The van der Waals surface area contributed by atoms with Crippen molar-refractivity contribution in [1.82, 2.24) is 14.9 Å². The standard InChI is InChI=1S/C22H24ClFN4O3/c1-29-20-13-19-16(12-21(20)31-8-2-5-28-6-9-30-10-7-28)22(26-14-25-19)27-15-3-4-18(24)17(23)11-15/h3-4,11-14H,2,5-10H2,1H3,(H,25,26,27)/i1D3,6D,7D,9D,10D. The highest BCUT2D eigenvalue weighted by molar-refractivity contribution is 6.31. The van der Waals surface area contributed by atoms with Gasteiger partial charge in [-0.2, -0.15) is 0 Å². The summed E-state index contributed by atoms with van der Waals surface area (Å²) in [6.45, 7) is -4.54. The number of morpholine rings is 1. The number of benzene rings is 2. The molecule has 1 fully saturated rings. The predicted molar refractivity (Wildman–Crippen MR) is 118 cm³/mol. The molecule has 0 saturated carbocycles. The van der Waals surface area contributed by atoms with Gasteiger partial charge in [0.05, 0.1) is 44.2 Å². The molecule has 1 N–H and O–H groups in total. The van der Waals surface area contributed by atoms with Gasteiger partial charge in [-0.25, -0.2) is 14.4 Å². The molecule has 3 aromatic rings. The Morgan fingerprint density at radius 1 is 1.26 bits per heavy atom. The topological polar surface area (TPSA) is 68.7 Å². The summed E-state index contributed by atoms with van der Waals surface area (Å²) in [5, 5.41) is 3.41. The number of hydrogen-bond acceptors (Lipinski definition) is 7. The lowest BCUT2D eigenvalue weighted by Gasteiger charge is -2.26. The van der Waals surface area contributed by atoms with E-state index in [1.54, 1.807) is 0 Å². The molecule has 1 aromatic heterocycles. The van der Waals surface area contributed by atoms with Crippen LogP contribution in [0.5, 0.6) is 11.5 Å². The summed E-state index contributed by atoms with van der Waals surface area (Å²) in [5.74, 6) is -0.234. The highest BCUT2D eigenvalue weighted by Gasteiger charge is 2.14. The fourth-order valence-corrected chi connectivity index (χ4v) is 3.15. The molecule has 0 radical (unpaired) electrons. The van der Waals surface area contributed by atoms with Crippen molar-refractivity contribution in [3.8, 4) is 11.5 Å². The van der Waals surface area contributed by atoms with Crippen molar-refractivity contribution in [3.63, 3.8) is 0 Å². The van der Waals surface area contributed by atoms with E-state index in [1.165, 1.54) is 41.6 Å². The van der Waals surface area contributed by atoms with Crippen molar-refractivity contribution in [2.24, 2.45) is 0 Å². The van der Waals surface area contributed by atoms with Crippen LogP contribution in [0.4, 0.5) is 15.9 Å². The maximum atomic E-state index is 13.6. The number of ether oxygens (including phenoxy) is 3. The van der Waals surface area contributed by atoms with Crippen molar-refractivity contribution >= 4 is 34.0 Å². The molecule has 0 amide bonds. The van der Waals surface area contributed by atoms with E-state index in [-0.39, 0.29) is 29.7 Å². The minimum atomic E-state index is -2.76. The average Bonchev–Trinajstić information content (AvgIpc) is 2.84. The minimum Gasteiger partial charge on any atom is -0.493 e. The van der Waals surface area contributed by atoms with E-state index < -0.39 is 39.1 Å². The molecule has 0 spiro atoms. The maximum Gasteiger partial charge on any atom is 0.162 e. The van der Waals surface area contributed by atoms with E-state index in [0.29, 0.717) is 28.8 Å². The van der Waals surface area contributed by atoms with Gasteiger partial charge in [-0.1, -0.05) is 11.6 Å². The molecule has 1 aliphatic heterocycles. The van der Waals surface area contributed by atoms with Crippen LogP contribution in [0, 0.1) is 5.82 Å². The maximum absolute atomic E-state index is 13.6. The Morgan fingerprint density at radius 3 is 2.94 bits per heavy atom.